The molecule has 0 atom stereocenters. The average Bonchev–Trinajstić information content (AvgIpc) is 2.92. The number of carbonyl (C=O) groups is 2. The van der Waals surface area contributed by atoms with Crippen LogP contribution < -0.4 is 5.32 Å². The van der Waals surface area contributed by atoms with Crippen LogP contribution in [0.1, 0.15) is 24.0 Å². The van der Waals surface area contributed by atoms with E-state index < -0.39 is 0 Å². The van der Waals surface area contributed by atoms with E-state index in [2.05, 4.69) is 5.32 Å². The number of thioether (sulfide) groups is 1. The highest BCUT2D eigenvalue weighted by Gasteiger charge is 2.31. The summed E-state index contributed by atoms with van der Waals surface area (Å²) in [7, 11) is 0. The molecule has 0 radical (unpaired) electrons. The zero-order chi connectivity index (χ0) is 19.2. The van der Waals surface area contributed by atoms with Gasteiger partial charge in [-0.3, -0.25) is 14.5 Å². The lowest BCUT2D eigenvalue weighted by Crippen LogP contribution is -2.29. The SMILES string of the molecule is Cc1ccccc1NC(=O)CCCN1C(=O)/C(=C/c2ccccc2)SC1=S. The molecule has 4 nitrogen and oxygen atoms in total. The summed E-state index contributed by atoms with van der Waals surface area (Å²) in [6.07, 6.45) is 2.75. The normalized spacial score (nSPS) is 15.4. The zero-order valence-electron chi connectivity index (χ0n) is 15.0. The number of hydrogen-bond acceptors (Lipinski definition) is 4. The Morgan fingerprint density at radius 2 is 1.85 bits per heavy atom. The lowest BCUT2D eigenvalue weighted by molar-refractivity contribution is -0.122. The van der Waals surface area contributed by atoms with Crippen molar-refractivity contribution in [1.82, 2.24) is 4.90 Å². The Morgan fingerprint density at radius 1 is 1.15 bits per heavy atom. The molecular weight excluding hydrogens is 376 g/mol. The van der Waals surface area contributed by atoms with E-state index in [-0.39, 0.29) is 11.8 Å². The minimum Gasteiger partial charge on any atom is -0.326 e. The minimum absolute atomic E-state index is 0.0606. The number of amides is 2. The van der Waals surface area contributed by atoms with Crippen LogP contribution >= 0.6 is 24.0 Å². The number of nitrogens with zero attached hydrogens (tertiary/aromatic N) is 1. The van der Waals surface area contributed by atoms with E-state index in [1.54, 1.807) is 4.90 Å². The number of rotatable bonds is 6. The molecule has 1 aliphatic rings. The lowest BCUT2D eigenvalue weighted by Gasteiger charge is -2.14. The van der Waals surface area contributed by atoms with Crippen LogP contribution in [0.25, 0.3) is 6.08 Å². The second kappa shape index (κ2) is 8.97. The molecule has 2 aromatic carbocycles. The summed E-state index contributed by atoms with van der Waals surface area (Å²) in [6.45, 7) is 2.40. The molecule has 6 heteroatoms. The van der Waals surface area contributed by atoms with Crippen LogP contribution in [0.15, 0.2) is 59.5 Å². The highest BCUT2D eigenvalue weighted by Crippen LogP contribution is 2.32. The molecule has 138 valence electrons. The van der Waals surface area contributed by atoms with Gasteiger partial charge in [0.15, 0.2) is 0 Å². The molecule has 0 unspecified atom stereocenters. The molecule has 27 heavy (non-hydrogen) atoms. The summed E-state index contributed by atoms with van der Waals surface area (Å²) in [4.78, 5) is 26.9. The van der Waals surface area contributed by atoms with Gasteiger partial charge < -0.3 is 5.32 Å². The Hall–Kier alpha value is -2.44. The van der Waals surface area contributed by atoms with Gasteiger partial charge in [0.25, 0.3) is 5.91 Å². The van der Waals surface area contributed by atoms with Crippen molar-refractivity contribution in [2.24, 2.45) is 0 Å². The van der Waals surface area contributed by atoms with Crippen LogP contribution in [0, 0.1) is 6.92 Å². The summed E-state index contributed by atoms with van der Waals surface area (Å²) in [5.74, 6) is -0.150. The molecule has 0 aromatic heterocycles. The molecule has 1 fully saturated rings. The molecule has 0 bridgehead atoms. The summed E-state index contributed by atoms with van der Waals surface area (Å²) >= 11 is 6.65. The highest BCUT2D eigenvalue weighted by atomic mass is 32.2. The molecule has 0 spiro atoms. The van der Waals surface area contributed by atoms with Crippen molar-refractivity contribution in [3.63, 3.8) is 0 Å². The third kappa shape index (κ3) is 5.05. The monoisotopic (exact) mass is 396 g/mol. The van der Waals surface area contributed by atoms with Crippen LogP contribution in [0.2, 0.25) is 0 Å². The Balaban J connectivity index is 1.53. The van der Waals surface area contributed by atoms with E-state index in [0.717, 1.165) is 16.8 Å². The summed E-state index contributed by atoms with van der Waals surface area (Å²) in [5, 5.41) is 2.91. The van der Waals surface area contributed by atoms with E-state index in [1.807, 2.05) is 67.6 Å². The first-order chi connectivity index (χ1) is 13.0. The van der Waals surface area contributed by atoms with Crippen molar-refractivity contribution in [2.45, 2.75) is 19.8 Å². The standard InChI is InChI=1S/C21H20N2O2S2/c1-15-8-5-6-11-17(15)22-19(24)12-7-13-23-20(25)18(27-21(23)26)14-16-9-3-2-4-10-16/h2-6,8-11,14H,7,12-13H2,1H3,(H,22,24)/b18-14-. The second-order valence-electron chi connectivity index (χ2n) is 6.21. The highest BCUT2D eigenvalue weighted by molar-refractivity contribution is 8.26. The average molecular weight is 397 g/mol. The van der Waals surface area contributed by atoms with E-state index in [1.165, 1.54) is 11.8 Å². The van der Waals surface area contributed by atoms with Gasteiger partial charge in [-0.05, 0) is 36.6 Å². The number of hydrogen-bond donors (Lipinski definition) is 1. The van der Waals surface area contributed by atoms with Crippen molar-refractivity contribution in [2.75, 3.05) is 11.9 Å². The molecule has 1 saturated heterocycles. The molecule has 1 aliphatic heterocycles. The first-order valence-corrected chi connectivity index (χ1v) is 9.93. The van der Waals surface area contributed by atoms with Gasteiger partial charge in [0, 0.05) is 18.7 Å². The van der Waals surface area contributed by atoms with E-state index >= 15 is 0 Å². The van der Waals surface area contributed by atoms with Gasteiger partial charge in [-0.1, -0.05) is 72.5 Å². The number of benzene rings is 2. The zero-order valence-corrected chi connectivity index (χ0v) is 16.6. The number of thiocarbonyl (C=S) groups is 1. The Bertz CT molecular complexity index is 894. The molecular formula is C21H20N2O2S2. The first-order valence-electron chi connectivity index (χ1n) is 8.70. The van der Waals surface area contributed by atoms with E-state index in [0.29, 0.717) is 28.6 Å². The van der Waals surface area contributed by atoms with Crippen LogP contribution in [-0.2, 0) is 9.59 Å². The van der Waals surface area contributed by atoms with Crippen molar-refractivity contribution < 1.29 is 9.59 Å². The maximum Gasteiger partial charge on any atom is 0.266 e. The van der Waals surface area contributed by atoms with Gasteiger partial charge in [-0.15, -0.1) is 0 Å². The molecule has 2 amide bonds. The Labute approximate surface area is 168 Å². The van der Waals surface area contributed by atoms with Crippen LogP contribution in [0.5, 0.6) is 0 Å². The fourth-order valence-electron chi connectivity index (χ4n) is 2.72. The van der Waals surface area contributed by atoms with Crippen LogP contribution in [0.3, 0.4) is 0 Å². The van der Waals surface area contributed by atoms with Gasteiger partial charge in [0.05, 0.1) is 4.91 Å². The van der Waals surface area contributed by atoms with Crippen LogP contribution in [0.4, 0.5) is 5.69 Å². The van der Waals surface area contributed by atoms with E-state index in [4.69, 9.17) is 12.2 Å². The summed E-state index contributed by atoms with van der Waals surface area (Å²) in [5.41, 5.74) is 2.81. The Morgan fingerprint density at radius 3 is 2.59 bits per heavy atom. The first kappa shape index (κ1) is 19.3. The number of para-hydroxylation sites is 1. The number of nitrogens with one attached hydrogen (secondary N) is 1. The van der Waals surface area contributed by atoms with Gasteiger partial charge in [-0.25, -0.2) is 0 Å². The lowest BCUT2D eigenvalue weighted by atomic mass is 10.2. The fraction of sp³-hybridized carbons (Fsp3) is 0.190. The molecule has 1 N–H and O–H groups in total. The van der Waals surface area contributed by atoms with E-state index in [9.17, 15) is 9.59 Å². The molecule has 2 aromatic rings. The number of aryl methyl sites for hydroxylation is 1. The minimum atomic E-state index is -0.0897. The third-order valence-corrected chi connectivity index (χ3v) is 5.55. The maximum atomic E-state index is 12.6. The van der Waals surface area contributed by atoms with Crippen LogP contribution in [-0.4, -0.2) is 27.6 Å². The van der Waals surface area contributed by atoms with Crippen molar-refractivity contribution in [1.29, 1.82) is 0 Å². The fourth-order valence-corrected chi connectivity index (χ4v) is 4.03. The number of anilines is 1. The quantitative estimate of drug-likeness (QED) is 0.572. The van der Waals surface area contributed by atoms with Gasteiger partial charge in [0.2, 0.25) is 5.91 Å². The van der Waals surface area contributed by atoms with Gasteiger partial charge in [0.1, 0.15) is 4.32 Å². The second-order valence-corrected chi connectivity index (χ2v) is 7.89. The predicted molar refractivity (Wildman–Crippen MR) is 115 cm³/mol. The molecule has 3 rings (SSSR count). The Kier molecular flexibility index (Phi) is 6.42. The smallest absolute Gasteiger partial charge is 0.266 e. The maximum absolute atomic E-state index is 12.6. The summed E-state index contributed by atoms with van der Waals surface area (Å²) in [6, 6.07) is 17.3. The molecule has 0 saturated carbocycles. The third-order valence-electron chi connectivity index (χ3n) is 4.18. The van der Waals surface area contributed by atoms with Crippen molar-refractivity contribution >= 4 is 51.9 Å². The molecule has 0 aliphatic carbocycles. The predicted octanol–water partition coefficient (Wildman–Crippen LogP) is 4.62. The van der Waals surface area contributed by atoms with Gasteiger partial charge >= 0.3 is 0 Å². The molecule has 1 heterocycles. The van der Waals surface area contributed by atoms with Crippen molar-refractivity contribution in [3.05, 3.63) is 70.6 Å². The van der Waals surface area contributed by atoms with Gasteiger partial charge in [-0.2, -0.15) is 0 Å². The van der Waals surface area contributed by atoms with Crippen molar-refractivity contribution in [3.8, 4) is 0 Å². The topological polar surface area (TPSA) is 49.4 Å². The summed E-state index contributed by atoms with van der Waals surface area (Å²) < 4.78 is 0.543. The largest absolute Gasteiger partial charge is 0.326 e. The number of carbonyl (C=O) groups excluding carboxylic acids is 2.